The van der Waals surface area contributed by atoms with Gasteiger partial charge in [0.25, 0.3) is 0 Å². The molecule has 1 unspecified atom stereocenters. The Balaban J connectivity index is 2.00. The Morgan fingerprint density at radius 2 is 2.25 bits per heavy atom. The molecular weight excluding hydrogens is 200 g/mol. The van der Waals surface area contributed by atoms with Crippen LogP contribution >= 0.6 is 0 Å². The molecule has 2 heteroatoms. The van der Waals surface area contributed by atoms with Gasteiger partial charge in [0.2, 0.25) is 0 Å². The van der Waals surface area contributed by atoms with E-state index in [1.54, 1.807) is 0 Å². The van der Waals surface area contributed by atoms with E-state index < -0.39 is 5.60 Å². The summed E-state index contributed by atoms with van der Waals surface area (Å²) in [6, 6.07) is 6.07. The van der Waals surface area contributed by atoms with Crippen molar-refractivity contribution in [2.45, 2.75) is 31.3 Å². The zero-order valence-corrected chi connectivity index (χ0v) is 9.28. The highest BCUT2D eigenvalue weighted by atomic mass is 16.5. The Morgan fingerprint density at radius 1 is 1.31 bits per heavy atom. The number of hydrogen-bond acceptors (Lipinski definition) is 2. The monoisotopic (exact) mass is 216 g/mol. The minimum Gasteiger partial charge on any atom is -0.493 e. The minimum atomic E-state index is -0.754. The van der Waals surface area contributed by atoms with Gasteiger partial charge in [-0.15, -0.1) is 0 Å². The molecule has 1 heterocycles. The Kier molecular flexibility index (Phi) is 2.25. The lowest BCUT2D eigenvalue weighted by atomic mass is 9.84. The van der Waals surface area contributed by atoms with Gasteiger partial charge in [-0.05, 0) is 42.5 Å². The smallest absolute Gasteiger partial charge is 0.122 e. The number of fused-ring (bicyclic) bond motifs is 1. The minimum absolute atomic E-state index is 0.754. The maximum absolute atomic E-state index is 10.5. The standard InChI is InChI=1S/C14H16O2/c15-14(7-2-1-3-8-14)12-4-5-13-11(10-12)6-9-16-13/h2,4-5,7,10,15H,1,3,6,8-9H2. The normalized spacial score (nSPS) is 27.6. The number of allylic oxidation sites excluding steroid dienone is 1. The molecule has 1 aliphatic heterocycles. The molecule has 0 bridgehead atoms. The average molecular weight is 216 g/mol. The van der Waals surface area contributed by atoms with Crippen LogP contribution in [0.4, 0.5) is 0 Å². The zero-order chi connectivity index (χ0) is 11.0. The molecule has 2 nitrogen and oxygen atoms in total. The van der Waals surface area contributed by atoms with Crippen LogP contribution in [-0.2, 0) is 12.0 Å². The van der Waals surface area contributed by atoms with E-state index in [4.69, 9.17) is 4.74 Å². The van der Waals surface area contributed by atoms with Gasteiger partial charge in [0.15, 0.2) is 0 Å². The van der Waals surface area contributed by atoms with Gasteiger partial charge >= 0.3 is 0 Å². The van der Waals surface area contributed by atoms with Crippen molar-refractivity contribution in [3.05, 3.63) is 41.5 Å². The van der Waals surface area contributed by atoms with Gasteiger partial charge in [0.1, 0.15) is 11.4 Å². The second-order valence-electron chi connectivity index (χ2n) is 4.64. The summed E-state index contributed by atoms with van der Waals surface area (Å²) in [7, 11) is 0. The van der Waals surface area contributed by atoms with E-state index in [9.17, 15) is 5.11 Å². The summed E-state index contributed by atoms with van der Waals surface area (Å²) in [5, 5.41) is 10.5. The van der Waals surface area contributed by atoms with Crippen LogP contribution in [-0.4, -0.2) is 11.7 Å². The van der Waals surface area contributed by atoms with E-state index in [1.165, 1.54) is 5.56 Å². The highest BCUT2D eigenvalue weighted by Gasteiger charge is 2.28. The van der Waals surface area contributed by atoms with Gasteiger partial charge in [0.05, 0.1) is 6.61 Å². The molecule has 0 saturated heterocycles. The molecule has 1 aromatic rings. The first-order valence-electron chi connectivity index (χ1n) is 5.94. The molecule has 0 amide bonds. The van der Waals surface area contributed by atoms with Crippen molar-refractivity contribution in [2.24, 2.45) is 0 Å². The summed E-state index contributed by atoms with van der Waals surface area (Å²) in [6.07, 6.45) is 7.93. The van der Waals surface area contributed by atoms with E-state index in [0.717, 1.165) is 43.6 Å². The third-order valence-electron chi connectivity index (χ3n) is 3.51. The third kappa shape index (κ3) is 1.54. The molecule has 0 aromatic heterocycles. The SMILES string of the molecule is OC1(c2ccc3c(c2)CCO3)C=CCCC1. The van der Waals surface area contributed by atoms with Gasteiger partial charge in [-0.2, -0.15) is 0 Å². The summed E-state index contributed by atoms with van der Waals surface area (Å²) in [5.41, 5.74) is 1.48. The second kappa shape index (κ2) is 3.63. The molecule has 3 rings (SSSR count). The lowest BCUT2D eigenvalue weighted by molar-refractivity contribution is 0.0725. The molecule has 1 aliphatic carbocycles. The quantitative estimate of drug-likeness (QED) is 0.731. The molecule has 0 spiro atoms. The van der Waals surface area contributed by atoms with Crippen molar-refractivity contribution < 1.29 is 9.84 Å². The molecule has 16 heavy (non-hydrogen) atoms. The van der Waals surface area contributed by atoms with Gasteiger partial charge in [-0.25, -0.2) is 0 Å². The van der Waals surface area contributed by atoms with Crippen LogP contribution in [0.3, 0.4) is 0 Å². The Hall–Kier alpha value is -1.28. The molecule has 0 saturated carbocycles. The van der Waals surface area contributed by atoms with Gasteiger partial charge in [-0.3, -0.25) is 0 Å². The number of rotatable bonds is 1. The number of ether oxygens (including phenoxy) is 1. The first-order chi connectivity index (χ1) is 7.78. The van der Waals surface area contributed by atoms with Crippen LogP contribution in [0.15, 0.2) is 30.4 Å². The van der Waals surface area contributed by atoms with Crippen molar-refractivity contribution in [1.82, 2.24) is 0 Å². The van der Waals surface area contributed by atoms with Crippen molar-refractivity contribution in [2.75, 3.05) is 6.61 Å². The molecule has 84 valence electrons. The summed E-state index contributed by atoms with van der Waals surface area (Å²) < 4.78 is 5.47. The van der Waals surface area contributed by atoms with E-state index in [-0.39, 0.29) is 0 Å². The second-order valence-corrected chi connectivity index (χ2v) is 4.64. The summed E-state index contributed by atoms with van der Waals surface area (Å²) in [4.78, 5) is 0. The molecule has 1 aromatic carbocycles. The Morgan fingerprint density at radius 3 is 3.06 bits per heavy atom. The van der Waals surface area contributed by atoms with Crippen molar-refractivity contribution in [1.29, 1.82) is 0 Å². The van der Waals surface area contributed by atoms with E-state index >= 15 is 0 Å². The maximum Gasteiger partial charge on any atom is 0.122 e. The molecular formula is C14H16O2. The van der Waals surface area contributed by atoms with E-state index in [0.29, 0.717) is 0 Å². The zero-order valence-electron chi connectivity index (χ0n) is 9.28. The molecule has 1 atom stereocenters. The van der Waals surface area contributed by atoms with Crippen molar-refractivity contribution >= 4 is 0 Å². The van der Waals surface area contributed by atoms with Crippen LogP contribution in [0, 0.1) is 0 Å². The Bertz CT molecular complexity index is 436. The molecule has 2 aliphatic rings. The maximum atomic E-state index is 10.5. The fourth-order valence-corrected chi connectivity index (χ4v) is 2.55. The average Bonchev–Trinajstić information content (AvgIpc) is 2.77. The third-order valence-corrected chi connectivity index (χ3v) is 3.51. The summed E-state index contributed by atoms with van der Waals surface area (Å²) in [6.45, 7) is 0.771. The number of benzene rings is 1. The lowest BCUT2D eigenvalue weighted by Gasteiger charge is -2.28. The Labute approximate surface area is 95.6 Å². The fraction of sp³-hybridized carbons (Fsp3) is 0.429. The topological polar surface area (TPSA) is 29.5 Å². The first-order valence-corrected chi connectivity index (χ1v) is 5.94. The predicted octanol–water partition coefficient (Wildman–Crippen LogP) is 2.55. The van der Waals surface area contributed by atoms with Crippen molar-refractivity contribution in [3.63, 3.8) is 0 Å². The highest BCUT2D eigenvalue weighted by Crippen LogP contribution is 2.36. The predicted molar refractivity (Wildman–Crippen MR) is 62.5 cm³/mol. The molecule has 0 fully saturated rings. The largest absolute Gasteiger partial charge is 0.493 e. The highest BCUT2D eigenvalue weighted by molar-refractivity contribution is 5.43. The van der Waals surface area contributed by atoms with E-state index in [2.05, 4.69) is 12.1 Å². The lowest BCUT2D eigenvalue weighted by Crippen LogP contribution is -2.24. The van der Waals surface area contributed by atoms with Crippen LogP contribution in [0.2, 0.25) is 0 Å². The number of aliphatic hydroxyl groups is 1. The van der Waals surface area contributed by atoms with Crippen LogP contribution in [0.1, 0.15) is 30.4 Å². The van der Waals surface area contributed by atoms with Gasteiger partial charge < -0.3 is 9.84 Å². The summed E-state index contributed by atoms with van der Waals surface area (Å²) >= 11 is 0. The van der Waals surface area contributed by atoms with Crippen LogP contribution in [0.5, 0.6) is 5.75 Å². The van der Waals surface area contributed by atoms with E-state index in [1.807, 2.05) is 18.2 Å². The van der Waals surface area contributed by atoms with Gasteiger partial charge in [0, 0.05) is 6.42 Å². The molecule has 0 radical (unpaired) electrons. The van der Waals surface area contributed by atoms with Gasteiger partial charge in [-0.1, -0.05) is 18.2 Å². The van der Waals surface area contributed by atoms with Crippen LogP contribution < -0.4 is 4.74 Å². The first kappa shape index (κ1) is 9.91. The molecule has 1 N–H and O–H groups in total. The van der Waals surface area contributed by atoms with Crippen LogP contribution in [0.25, 0.3) is 0 Å². The fourth-order valence-electron chi connectivity index (χ4n) is 2.55. The number of hydrogen-bond donors (Lipinski definition) is 1. The van der Waals surface area contributed by atoms with Crippen molar-refractivity contribution in [3.8, 4) is 5.75 Å². The summed E-state index contributed by atoms with van der Waals surface area (Å²) in [5.74, 6) is 0.979.